The van der Waals surface area contributed by atoms with Crippen molar-refractivity contribution in [2.45, 2.75) is 0 Å². The minimum Gasteiger partial charge on any atom is -1.00 e. The third-order valence-corrected chi connectivity index (χ3v) is 1.36. The zero-order valence-corrected chi connectivity index (χ0v) is 6.01. The van der Waals surface area contributed by atoms with E-state index in [1.165, 1.54) is 0 Å². The van der Waals surface area contributed by atoms with E-state index in [0.717, 1.165) is 11.0 Å². The first-order valence-electron chi connectivity index (χ1n) is 2.89. The zero-order valence-electron chi connectivity index (χ0n) is 5.25. The second-order valence-electron chi connectivity index (χ2n) is 1.96. The first-order chi connectivity index (χ1) is 4.47. The lowest BCUT2D eigenvalue weighted by molar-refractivity contribution is -0.00000219. The minimum atomic E-state index is 0. The number of benzene rings is 1. The van der Waals surface area contributed by atoms with Crippen molar-refractivity contribution in [2.75, 3.05) is 0 Å². The summed E-state index contributed by atoms with van der Waals surface area (Å²) in [5, 5.41) is 1.16. The van der Waals surface area contributed by atoms with Crippen LogP contribution in [0.3, 0.4) is 0 Å². The second kappa shape index (κ2) is 2.76. The third-order valence-electron chi connectivity index (χ3n) is 1.36. The Morgan fingerprint density at radius 1 is 1.00 bits per heavy atom. The summed E-state index contributed by atoms with van der Waals surface area (Å²) in [7, 11) is 0. The Kier molecular flexibility index (Phi) is 1.97. The van der Waals surface area contributed by atoms with Crippen molar-refractivity contribution in [2.24, 2.45) is 0 Å². The molecule has 0 N–H and O–H groups in total. The van der Waals surface area contributed by atoms with Crippen LogP contribution in [0.2, 0.25) is 0 Å². The molecular weight excluding hydrogens is 148 g/mol. The van der Waals surface area contributed by atoms with Crippen molar-refractivity contribution < 1.29 is 16.8 Å². The summed E-state index contributed by atoms with van der Waals surface area (Å²) in [6.45, 7) is 0. The largest absolute Gasteiger partial charge is 1.00 e. The molecule has 1 nitrogen and oxygen atoms in total. The third kappa shape index (κ3) is 1.00. The fourth-order valence-electron chi connectivity index (χ4n) is 0.906. The predicted molar refractivity (Wildman–Crippen MR) is 36.2 cm³/mol. The van der Waals surface area contributed by atoms with Crippen LogP contribution >= 0.6 is 0 Å². The van der Waals surface area contributed by atoms with Crippen molar-refractivity contribution in [3.63, 3.8) is 0 Å². The van der Waals surface area contributed by atoms with Gasteiger partial charge >= 0.3 is 0 Å². The molecule has 0 atom stereocenters. The van der Waals surface area contributed by atoms with Gasteiger partial charge in [0.1, 0.15) is 5.58 Å². The van der Waals surface area contributed by atoms with Gasteiger partial charge in [0.2, 0.25) is 0 Å². The number of halogens is 1. The van der Waals surface area contributed by atoms with Gasteiger partial charge in [-0.3, -0.25) is 0 Å². The Hall–Kier alpha value is -0.950. The molecule has 0 unspecified atom stereocenters. The molecule has 0 aliphatic rings. The molecule has 2 rings (SSSR count). The maximum Gasteiger partial charge on any atom is 0.133 e. The molecular formula is C8H6ClO-. The van der Waals surface area contributed by atoms with Gasteiger partial charge in [-0.2, -0.15) is 0 Å². The van der Waals surface area contributed by atoms with Crippen LogP contribution in [-0.2, 0) is 0 Å². The molecule has 0 aliphatic carbocycles. The maximum absolute atomic E-state index is 5.12. The second-order valence-corrected chi connectivity index (χ2v) is 1.96. The van der Waals surface area contributed by atoms with Crippen LogP contribution in [0.15, 0.2) is 41.0 Å². The number of rotatable bonds is 0. The normalized spacial score (nSPS) is 9.20. The average Bonchev–Trinajstić information content (AvgIpc) is 2.33. The Morgan fingerprint density at radius 3 is 2.60 bits per heavy atom. The van der Waals surface area contributed by atoms with Crippen LogP contribution in [0.1, 0.15) is 0 Å². The van der Waals surface area contributed by atoms with E-state index < -0.39 is 0 Å². The molecule has 0 amide bonds. The Balaban J connectivity index is 0.000000500. The highest BCUT2D eigenvalue weighted by Gasteiger charge is 1.89. The van der Waals surface area contributed by atoms with Gasteiger partial charge in [-0.1, -0.05) is 18.2 Å². The lowest BCUT2D eigenvalue weighted by Crippen LogP contribution is -3.00. The number of furan rings is 1. The summed E-state index contributed by atoms with van der Waals surface area (Å²) >= 11 is 0. The highest BCUT2D eigenvalue weighted by Crippen LogP contribution is 2.12. The van der Waals surface area contributed by atoms with Gasteiger partial charge in [0, 0.05) is 5.39 Å². The molecule has 1 aromatic carbocycles. The topological polar surface area (TPSA) is 13.1 Å². The van der Waals surface area contributed by atoms with Gasteiger partial charge in [-0.05, 0) is 12.1 Å². The number of hydrogen-bond donors (Lipinski definition) is 0. The van der Waals surface area contributed by atoms with Crippen LogP contribution in [0.25, 0.3) is 11.0 Å². The molecule has 0 saturated heterocycles. The lowest BCUT2D eigenvalue weighted by Gasteiger charge is -1.81. The number of fused-ring (bicyclic) bond motifs is 1. The predicted octanol–water partition coefficient (Wildman–Crippen LogP) is -0.563. The molecule has 0 radical (unpaired) electrons. The molecule has 0 saturated carbocycles. The monoisotopic (exact) mass is 153 g/mol. The van der Waals surface area contributed by atoms with Crippen molar-refractivity contribution >= 4 is 11.0 Å². The van der Waals surface area contributed by atoms with Gasteiger partial charge < -0.3 is 16.8 Å². The maximum atomic E-state index is 5.12. The van der Waals surface area contributed by atoms with Crippen LogP contribution in [0.4, 0.5) is 0 Å². The molecule has 1 aromatic heterocycles. The van der Waals surface area contributed by atoms with Crippen LogP contribution in [0, 0.1) is 0 Å². The summed E-state index contributed by atoms with van der Waals surface area (Å²) < 4.78 is 5.12. The lowest BCUT2D eigenvalue weighted by atomic mass is 10.3. The van der Waals surface area contributed by atoms with E-state index >= 15 is 0 Å². The molecule has 0 bridgehead atoms. The van der Waals surface area contributed by atoms with E-state index in [1.807, 2.05) is 30.3 Å². The van der Waals surface area contributed by atoms with Gasteiger partial charge in [0.25, 0.3) is 0 Å². The van der Waals surface area contributed by atoms with E-state index in [-0.39, 0.29) is 12.4 Å². The summed E-state index contributed by atoms with van der Waals surface area (Å²) in [4.78, 5) is 0. The zero-order chi connectivity index (χ0) is 6.10. The standard InChI is InChI=1S/C8H6O.ClH/c1-2-4-8-7(3-1)5-6-9-8;/h1-6H;1H/p-1. The van der Waals surface area contributed by atoms with E-state index in [1.54, 1.807) is 6.26 Å². The van der Waals surface area contributed by atoms with Crippen molar-refractivity contribution in [1.82, 2.24) is 0 Å². The summed E-state index contributed by atoms with van der Waals surface area (Å²) in [5.74, 6) is 0. The fraction of sp³-hybridized carbons (Fsp3) is 0. The van der Waals surface area contributed by atoms with E-state index in [4.69, 9.17) is 4.42 Å². The summed E-state index contributed by atoms with van der Waals surface area (Å²) in [6.07, 6.45) is 1.70. The smallest absolute Gasteiger partial charge is 0.133 e. The van der Waals surface area contributed by atoms with Crippen LogP contribution in [-0.4, -0.2) is 0 Å². The Bertz CT molecular complexity index is 283. The molecule has 10 heavy (non-hydrogen) atoms. The Labute approximate surface area is 65.1 Å². The molecule has 2 aromatic rings. The quantitative estimate of drug-likeness (QED) is 0.495. The summed E-state index contributed by atoms with van der Waals surface area (Å²) in [6, 6.07) is 9.90. The first kappa shape index (κ1) is 7.16. The molecule has 0 fully saturated rings. The van der Waals surface area contributed by atoms with E-state index in [2.05, 4.69) is 0 Å². The molecule has 0 spiro atoms. The molecule has 2 heteroatoms. The summed E-state index contributed by atoms with van der Waals surface area (Å²) in [5.41, 5.74) is 0.956. The highest BCUT2D eigenvalue weighted by molar-refractivity contribution is 5.76. The van der Waals surface area contributed by atoms with Gasteiger partial charge in [-0.25, -0.2) is 0 Å². The first-order valence-corrected chi connectivity index (χ1v) is 2.89. The van der Waals surface area contributed by atoms with Crippen LogP contribution in [0.5, 0.6) is 0 Å². The van der Waals surface area contributed by atoms with E-state index in [0.29, 0.717) is 0 Å². The highest BCUT2D eigenvalue weighted by atomic mass is 35.5. The number of para-hydroxylation sites is 1. The van der Waals surface area contributed by atoms with Crippen molar-refractivity contribution in [3.05, 3.63) is 36.6 Å². The molecule has 1 heterocycles. The SMILES string of the molecule is [Cl-].c1ccc2occc2c1. The van der Waals surface area contributed by atoms with Crippen molar-refractivity contribution in [3.8, 4) is 0 Å². The van der Waals surface area contributed by atoms with Gasteiger partial charge in [0.15, 0.2) is 0 Å². The van der Waals surface area contributed by atoms with E-state index in [9.17, 15) is 0 Å². The Morgan fingerprint density at radius 2 is 1.80 bits per heavy atom. The average molecular weight is 154 g/mol. The van der Waals surface area contributed by atoms with Gasteiger partial charge in [0.05, 0.1) is 6.26 Å². The minimum absolute atomic E-state index is 0. The number of hydrogen-bond acceptors (Lipinski definition) is 1. The fourth-order valence-corrected chi connectivity index (χ4v) is 0.906. The van der Waals surface area contributed by atoms with Gasteiger partial charge in [-0.15, -0.1) is 0 Å². The van der Waals surface area contributed by atoms with Crippen LogP contribution < -0.4 is 12.4 Å². The van der Waals surface area contributed by atoms with Crippen molar-refractivity contribution in [1.29, 1.82) is 0 Å². The molecule has 52 valence electrons. The molecule has 0 aliphatic heterocycles.